The van der Waals surface area contributed by atoms with E-state index >= 15 is 0 Å². The molecule has 5 aliphatic rings. The molecular weight excluding hydrogens is 668 g/mol. The summed E-state index contributed by atoms with van der Waals surface area (Å²) in [6.07, 6.45) is 13.3. The number of nitrogens with zero attached hydrogens (tertiary/aromatic N) is 1. The predicted octanol–water partition coefficient (Wildman–Crippen LogP) is 7.01. The molecule has 7 rings (SSSR count). The van der Waals surface area contributed by atoms with Crippen LogP contribution in [0.3, 0.4) is 0 Å². The van der Waals surface area contributed by atoms with E-state index in [0.717, 1.165) is 44.8 Å². The Hall–Kier alpha value is -6.55. The van der Waals surface area contributed by atoms with Crippen molar-refractivity contribution in [1.29, 1.82) is 0 Å². The second kappa shape index (κ2) is 12.6. The molecule has 10 heteroatoms. The number of aromatic carboxylic acids is 1. The first-order valence-corrected chi connectivity index (χ1v) is 17.2. The average Bonchev–Trinajstić information content (AvgIpc) is 3.61. The van der Waals surface area contributed by atoms with Crippen molar-refractivity contribution in [3.05, 3.63) is 158 Å². The highest BCUT2D eigenvalue weighted by atomic mass is 16.4. The standard InChI is InChI=1S/C43H38N4O6/c1-8-26-20(3)39(48)46-33(26)17-31-22(5)37(24-10-12-25(13-11-24)41(50)51)35(44-31)19-36-38(43(7)15-14-28(42(52)53)29-16-30(29)43)23(6)32(45-36)18-34-27(9-2)21(4)40(49)47-34/h8-15,17-19,30,45H,1-2,16H2,3-7H3,(H,46,48)(H,47,49)(H,50,51)(H,52,53)/b33-17-,34-18-,35-19?. The van der Waals surface area contributed by atoms with E-state index in [1.807, 2.05) is 38.2 Å². The van der Waals surface area contributed by atoms with Crippen molar-refractivity contribution in [2.24, 2.45) is 10.9 Å². The van der Waals surface area contributed by atoms with Crippen LogP contribution in [-0.4, -0.2) is 44.7 Å². The molecule has 10 nitrogen and oxygen atoms in total. The lowest BCUT2D eigenvalue weighted by molar-refractivity contribution is -0.132. The van der Waals surface area contributed by atoms with Crippen LogP contribution in [-0.2, 0) is 19.8 Å². The summed E-state index contributed by atoms with van der Waals surface area (Å²) in [5.41, 5.74) is 11.4. The average molecular weight is 707 g/mol. The first-order valence-electron chi connectivity index (χ1n) is 17.2. The van der Waals surface area contributed by atoms with Crippen molar-refractivity contribution < 1.29 is 29.4 Å². The Bertz CT molecular complexity index is 2430. The zero-order valence-corrected chi connectivity index (χ0v) is 30.0. The summed E-state index contributed by atoms with van der Waals surface area (Å²) in [6.45, 7) is 17.3. The van der Waals surface area contributed by atoms with Crippen LogP contribution in [0.5, 0.6) is 0 Å². The Balaban J connectivity index is 1.44. The van der Waals surface area contributed by atoms with Gasteiger partial charge in [-0.1, -0.05) is 62.1 Å². The van der Waals surface area contributed by atoms with Gasteiger partial charge in [-0.25, -0.2) is 14.6 Å². The second-order valence-electron chi connectivity index (χ2n) is 14.0. The van der Waals surface area contributed by atoms with Crippen molar-refractivity contribution in [1.82, 2.24) is 15.6 Å². The Labute approximate surface area is 306 Å². The van der Waals surface area contributed by atoms with Crippen molar-refractivity contribution in [2.45, 2.75) is 46.5 Å². The summed E-state index contributed by atoms with van der Waals surface area (Å²) in [4.78, 5) is 57.7. The predicted molar refractivity (Wildman–Crippen MR) is 204 cm³/mol. The van der Waals surface area contributed by atoms with Crippen molar-refractivity contribution >= 4 is 47.2 Å². The molecule has 0 saturated heterocycles. The topological polar surface area (TPSA) is 161 Å². The van der Waals surface area contributed by atoms with Crippen molar-refractivity contribution in [3.8, 4) is 0 Å². The van der Waals surface area contributed by atoms with Gasteiger partial charge < -0.3 is 25.8 Å². The molecule has 2 atom stereocenters. The van der Waals surface area contributed by atoms with Gasteiger partial charge >= 0.3 is 11.9 Å². The number of carbonyl (C=O) groups is 4. The number of carboxylic acids is 2. The molecule has 1 saturated carbocycles. The maximum Gasteiger partial charge on any atom is 0.335 e. The van der Waals surface area contributed by atoms with Gasteiger partial charge in [0, 0.05) is 44.7 Å². The molecule has 4 heterocycles. The third kappa shape index (κ3) is 5.63. The molecule has 0 radical (unpaired) electrons. The zero-order valence-electron chi connectivity index (χ0n) is 30.0. The summed E-state index contributed by atoms with van der Waals surface area (Å²) in [5.74, 6) is -2.41. The lowest BCUT2D eigenvalue weighted by atomic mass is 9.73. The molecule has 2 aromatic rings. The van der Waals surface area contributed by atoms with E-state index in [9.17, 15) is 29.4 Å². The summed E-state index contributed by atoms with van der Waals surface area (Å²) in [6, 6.07) is 6.61. The highest BCUT2D eigenvalue weighted by Gasteiger charge is 2.51. The summed E-state index contributed by atoms with van der Waals surface area (Å²) >= 11 is 0. The highest BCUT2D eigenvalue weighted by molar-refractivity contribution is 6.20. The monoisotopic (exact) mass is 706 g/mol. The lowest BCUT2D eigenvalue weighted by Gasteiger charge is -2.30. The molecule has 5 N–H and O–H groups in total. The maximum absolute atomic E-state index is 12.6. The SMILES string of the molecule is C=CC1=C(C)C(=O)N/C1=C\C1=NC(=Cc2[nH]c(/C=C3\NC(=O)C(C)=C3C=C)c(C)c2C2(C)C=CC(C(=O)O)=C3CC32)C(c2ccc(C(=O)O)cc2)=C1C. The van der Waals surface area contributed by atoms with Crippen LogP contribution in [0.15, 0.2) is 129 Å². The number of H-pyrrole nitrogens is 1. The van der Waals surface area contributed by atoms with Gasteiger partial charge in [0.15, 0.2) is 0 Å². The summed E-state index contributed by atoms with van der Waals surface area (Å²) < 4.78 is 0. The smallest absolute Gasteiger partial charge is 0.335 e. The number of carboxylic acid groups (broad SMARTS) is 2. The molecule has 0 spiro atoms. The van der Waals surface area contributed by atoms with Crippen molar-refractivity contribution in [2.75, 3.05) is 0 Å². The molecule has 3 aliphatic heterocycles. The molecule has 1 aromatic carbocycles. The van der Waals surface area contributed by atoms with E-state index in [1.165, 1.54) is 0 Å². The number of hydrogen-bond acceptors (Lipinski definition) is 5. The number of allylic oxidation sites excluding steroid dienone is 7. The third-order valence-corrected chi connectivity index (χ3v) is 10.9. The molecule has 2 amide bonds. The van der Waals surface area contributed by atoms with Crippen LogP contribution in [0.25, 0.3) is 17.7 Å². The van der Waals surface area contributed by atoms with E-state index in [-0.39, 0.29) is 23.3 Å². The quantitative estimate of drug-likeness (QED) is 0.189. The number of hydrogen-bond donors (Lipinski definition) is 5. The minimum absolute atomic E-state index is 0.0196. The largest absolute Gasteiger partial charge is 0.478 e. The van der Waals surface area contributed by atoms with Gasteiger partial charge in [-0.3, -0.25) is 9.59 Å². The number of rotatable bonds is 9. The van der Waals surface area contributed by atoms with Crippen LogP contribution < -0.4 is 10.6 Å². The first kappa shape index (κ1) is 34.9. The van der Waals surface area contributed by atoms with Crippen molar-refractivity contribution in [3.63, 3.8) is 0 Å². The molecule has 53 heavy (non-hydrogen) atoms. The number of amides is 2. The third-order valence-electron chi connectivity index (χ3n) is 10.9. The van der Waals surface area contributed by atoms with Gasteiger partial charge in [-0.15, -0.1) is 0 Å². The molecule has 1 aromatic heterocycles. The Morgan fingerprint density at radius 2 is 1.45 bits per heavy atom. The highest BCUT2D eigenvalue weighted by Crippen LogP contribution is 2.58. The second-order valence-corrected chi connectivity index (χ2v) is 14.0. The number of aliphatic carboxylic acids is 1. The van der Waals surface area contributed by atoms with Gasteiger partial charge in [0.2, 0.25) is 0 Å². The number of carbonyl (C=O) groups excluding carboxylic acids is 2. The number of aromatic amines is 1. The number of fused-ring (bicyclic) bond motifs is 1. The molecule has 0 bridgehead atoms. The van der Waals surface area contributed by atoms with E-state index in [1.54, 1.807) is 56.3 Å². The van der Waals surface area contributed by atoms with Gasteiger partial charge in [0.1, 0.15) is 0 Å². The van der Waals surface area contributed by atoms with E-state index in [0.29, 0.717) is 57.1 Å². The van der Waals surface area contributed by atoms with Crippen LogP contribution in [0, 0.1) is 12.8 Å². The van der Waals surface area contributed by atoms with Gasteiger partial charge in [-0.2, -0.15) is 0 Å². The first-order chi connectivity index (χ1) is 25.2. The number of aliphatic imine (C=N–C) groups is 1. The van der Waals surface area contributed by atoms with E-state index < -0.39 is 17.4 Å². The van der Waals surface area contributed by atoms with Crippen LogP contribution in [0.2, 0.25) is 0 Å². The molecule has 266 valence electrons. The molecule has 2 unspecified atom stereocenters. The fourth-order valence-electron chi connectivity index (χ4n) is 7.93. The molecule has 2 aliphatic carbocycles. The Morgan fingerprint density at radius 3 is 2.02 bits per heavy atom. The van der Waals surface area contributed by atoms with Gasteiger partial charge in [0.05, 0.1) is 33.9 Å². The zero-order chi connectivity index (χ0) is 38.1. The normalized spacial score (nSPS) is 24.4. The molecule has 1 fully saturated rings. The van der Waals surface area contributed by atoms with E-state index in [2.05, 4.69) is 35.7 Å². The Morgan fingerprint density at radius 1 is 0.849 bits per heavy atom. The summed E-state index contributed by atoms with van der Waals surface area (Å²) in [5, 5.41) is 25.3. The number of benzene rings is 1. The molecular formula is C43H38N4O6. The minimum Gasteiger partial charge on any atom is -0.478 e. The fraction of sp³-hybridized carbons (Fsp3) is 0.186. The summed E-state index contributed by atoms with van der Waals surface area (Å²) in [7, 11) is 0. The maximum atomic E-state index is 12.6. The minimum atomic E-state index is -1.04. The lowest BCUT2D eigenvalue weighted by Crippen LogP contribution is -2.26. The number of nitrogens with one attached hydrogen (secondary N) is 3. The van der Waals surface area contributed by atoms with Crippen LogP contribution in [0.1, 0.15) is 72.6 Å². The van der Waals surface area contributed by atoms with Gasteiger partial charge in [-0.05, 0) is 92.7 Å². The fourth-order valence-corrected chi connectivity index (χ4v) is 7.93. The van der Waals surface area contributed by atoms with Crippen LogP contribution in [0.4, 0.5) is 0 Å². The number of aromatic nitrogens is 1. The van der Waals surface area contributed by atoms with Crippen LogP contribution >= 0.6 is 0 Å². The van der Waals surface area contributed by atoms with E-state index in [4.69, 9.17) is 4.99 Å². The van der Waals surface area contributed by atoms with Gasteiger partial charge in [0.25, 0.3) is 11.8 Å². The Kier molecular flexibility index (Phi) is 8.29.